The fourth-order valence-electron chi connectivity index (χ4n) is 4.38. The van der Waals surface area contributed by atoms with Crippen LogP contribution in [0.5, 0.6) is 11.5 Å². The number of hydrogen-bond donors (Lipinski definition) is 0. The van der Waals surface area contributed by atoms with Crippen molar-refractivity contribution in [2.75, 3.05) is 0 Å². The molecule has 0 amide bonds. The van der Waals surface area contributed by atoms with Crippen molar-refractivity contribution in [3.63, 3.8) is 0 Å². The van der Waals surface area contributed by atoms with Gasteiger partial charge < -0.3 is 4.74 Å². The number of hydrogen-bond acceptors (Lipinski definition) is 1. The fourth-order valence-corrected chi connectivity index (χ4v) is 4.38. The molecule has 0 bridgehead atoms. The van der Waals surface area contributed by atoms with Gasteiger partial charge in [-0.1, -0.05) is 98.8 Å². The maximum atomic E-state index is 6.37. The van der Waals surface area contributed by atoms with Crippen molar-refractivity contribution in [3.8, 4) is 33.8 Å². The van der Waals surface area contributed by atoms with Gasteiger partial charge in [0.2, 0.25) is 0 Å². The minimum atomic E-state index is -0.167. The normalized spacial score (nSPS) is 13.9. The van der Waals surface area contributed by atoms with Gasteiger partial charge >= 0.3 is 0 Å². The number of para-hydroxylation sites is 1. The van der Waals surface area contributed by atoms with Gasteiger partial charge in [0, 0.05) is 16.5 Å². The first-order valence-electron chi connectivity index (χ1n) is 9.72. The van der Waals surface area contributed by atoms with E-state index in [4.69, 9.17) is 4.74 Å². The average molecular weight is 362 g/mol. The van der Waals surface area contributed by atoms with E-state index in [1.807, 2.05) is 6.07 Å². The van der Waals surface area contributed by atoms with Crippen molar-refractivity contribution in [2.45, 2.75) is 19.3 Å². The molecule has 0 saturated carbocycles. The van der Waals surface area contributed by atoms with Crippen LogP contribution in [0.25, 0.3) is 22.3 Å². The van der Waals surface area contributed by atoms with Crippen LogP contribution in [0, 0.1) is 0 Å². The molecule has 136 valence electrons. The monoisotopic (exact) mass is 362 g/mol. The van der Waals surface area contributed by atoms with Crippen LogP contribution in [-0.2, 0) is 5.41 Å². The summed E-state index contributed by atoms with van der Waals surface area (Å²) in [6.45, 7) is 4.60. The van der Waals surface area contributed by atoms with Gasteiger partial charge in [0.25, 0.3) is 0 Å². The SMILES string of the molecule is CC1(C)c2ccccc2Oc2ccc(-c3ccccc3)c(-c3ccccc3)c21. The second-order valence-electron chi connectivity index (χ2n) is 7.82. The van der Waals surface area contributed by atoms with Crippen LogP contribution in [0.4, 0.5) is 0 Å². The highest BCUT2D eigenvalue weighted by Gasteiger charge is 2.37. The van der Waals surface area contributed by atoms with Crippen LogP contribution in [-0.4, -0.2) is 0 Å². The lowest BCUT2D eigenvalue weighted by Gasteiger charge is -2.37. The summed E-state index contributed by atoms with van der Waals surface area (Å²) in [7, 11) is 0. The zero-order valence-corrected chi connectivity index (χ0v) is 16.1. The topological polar surface area (TPSA) is 9.23 Å². The van der Waals surface area contributed by atoms with Crippen molar-refractivity contribution >= 4 is 0 Å². The molecule has 4 aromatic carbocycles. The third kappa shape index (κ3) is 2.55. The summed E-state index contributed by atoms with van der Waals surface area (Å²) in [6, 6.07) is 34.0. The van der Waals surface area contributed by atoms with Gasteiger partial charge in [-0.05, 0) is 34.4 Å². The van der Waals surface area contributed by atoms with Gasteiger partial charge in [-0.15, -0.1) is 0 Å². The van der Waals surface area contributed by atoms with E-state index in [0.29, 0.717) is 0 Å². The molecule has 0 aromatic heterocycles. The van der Waals surface area contributed by atoms with E-state index >= 15 is 0 Å². The molecule has 0 saturated heterocycles. The number of rotatable bonds is 2. The molecule has 4 aromatic rings. The summed E-state index contributed by atoms with van der Waals surface area (Å²) in [5, 5.41) is 0. The zero-order valence-electron chi connectivity index (χ0n) is 16.1. The summed E-state index contributed by atoms with van der Waals surface area (Å²) >= 11 is 0. The van der Waals surface area contributed by atoms with Gasteiger partial charge in [0.15, 0.2) is 0 Å². The molecule has 0 fully saturated rings. The van der Waals surface area contributed by atoms with Crippen LogP contribution in [0.15, 0.2) is 97.1 Å². The summed E-state index contributed by atoms with van der Waals surface area (Å²) in [6.07, 6.45) is 0. The largest absolute Gasteiger partial charge is 0.457 e. The molecular weight excluding hydrogens is 340 g/mol. The Hall–Kier alpha value is -3.32. The Morgan fingerprint density at radius 2 is 1.18 bits per heavy atom. The fraction of sp³-hybridized carbons (Fsp3) is 0.111. The molecule has 0 aliphatic carbocycles. The second kappa shape index (κ2) is 6.38. The van der Waals surface area contributed by atoms with Crippen LogP contribution >= 0.6 is 0 Å². The van der Waals surface area contributed by atoms with Crippen molar-refractivity contribution in [1.29, 1.82) is 0 Å². The smallest absolute Gasteiger partial charge is 0.132 e. The maximum Gasteiger partial charge on any atom is 0.132 e. The average Bonchev–Trinajstić information content (AvgIpc) is 2.74. The molecule has 1 aliphatic heterocycles. The Morgan fingerprint density at radius 3 is 1.89 bits per heavy atom. The van der Waals surface area contributed by atoms with Gasteiger partial charge in [0.05, 0.1) is 0 Å². The van der Waals surface area contributed by atoms with Crippen molar-refractivity contribution in [1.82, 2.24) is 0 Å². The van der Waals surface area contributed by atoms with Crippen LogP contribution in [0.2, 0.25) is 0 Å². The Kier molecular flexibility index (Phi) is 3.84. The molecule has 1 heteroatoms. The number of ether oxygens (including phenoxy) is 1. The van der Waals surface area contributed by atoms with Gasteiger partial charge in [0.1, 0.15) is 11.5 Å². The van der Waals surface area contributed by atoms with E-state index in [1.165, 1.54) is 33.4 Å². The lowest BCUT2D eigenvalue weighted by Crippen LogP contribution is -2.25. The number of fused-ring (bicyclic) bond motifs is 2. The summed E-state index contributed by atoms with van der Waals surface area (Å²) in [4.78, 5) is 0. The van der Waals surface area contributed by atoms with Crippen LogP contribution in [0.3, 0.4) is 0 Å². The molecule has 1 heterocycles. The van der Waals surface area contributed by atoms with Crippen LogP contribution < -0.4 is 4.74 Å². The highest BCUT2D eigenvalue weighted by molar-refractivity contribution is 5.89. The molecule has 1 nitrogen and oxygen atoms in total. The highest BCUT2D eigenvalue weighted by atomic mass is 16.5. The van der Waals surface area contributed by atoms with Gasteiger partial charge in [-0.2, -0.15) is 0 Å². The predicted molar refractivity (Wildman–Crippen MR) is 116 cm³/mol. The Bertz CT molecular complexity index is 1140. The molecule has 0 atom stereocenters. The van der Waals surface area contributed by atoms with E-state index in [-0.39, 0.29) is 5.41 Å². The molecule has 0 unspecified atom stereocenters. The number of benzene rings is 4. The summed E-state index contributed by atoms with van der Waals surface area (Å²) < 4.78 is 6.37. The highest BCUT2D eigenvalue weighted by Crippen LogP contribution is 2.53. The maximum absolute atomic E-state index is 6.37. The lowest BCUT2D eigenvalue weighted by atomic mass is 9.71. The van der Waals surface area contributed by atoms with E-state index < -0.39 is 0 Å². The Balaban J connectivity index is 1.86. The minimum absolute atomic E-state index is 0.167. The Morgan fingerprint density at radius 1 is 0.571 bits per heavy atom. The third-order valence-corrected chi connectivity index (χ3v) is 5.72. The second-order valence-corrected chi connectivity index (χ2v) is 7.82. The van der Waals surface area contributed by atoms with E-state index in [9.17, 15) is 0 Å². The van der Waals surface area contributed by atoms with Gasteiger partial charge in [-0.25, -0.2) is 0 Å². The zero-order chi connectivity index (χ0) is 19.1. The molecule has 0 radical (unpaired) electrons. The molecule has 28 heavy (non-hydrogen) atoms. The molecular formula is C27H22O. The van der Waals surface area contributed by atoms with Gasteiger partial charge in [-0.3, -0.25) is 0 Å². The van der Waals surface area contributed by atoms with E-state index in [1.54, 1.807) is 0 Å². The predicted octanol–water partition coefficient (Wildman–Crippen LogP) is 7.45. The van der Waals surface area contributed by atoms with E-state index in [0.717, 1.165) is 11.5 Å². The van der Waals surface area contributed by atoms with E-state index in [2.05, 4.69) is 105 Å². The summed E-state index contributed by atoms with van der Waals surface area (Å²) in [5.74, 6) is 1.90. The van der Waals surface area contributed by atoms with Crippen molar-refractivity contribution in [2.24, 2.45) is 0 Å². The first kappa shape index (κ1) is 16.8. The van der Waals surface area contributed by atoms with Crippen molar-refractivity contribution in [3.05, 3.63) is 108 Å². The Labute approximate surface area is 166 Å². The van der Waals surface area contributed by atoms with Crippen LogP contribution in [0.1, 0.15) is 25.0 Å². The lowest BCUT2D eigenvalue weighted by molar-refractivity contribution is 0.419. The quantitative estimate of drug-likeness (QED) is 0.360. The first-order chi connectivity index (χ1) is 13.7. The first-order valence-corrected chi connectivity index (χ1v) is 9.72. The summed E-state index contributed by atoms with van der Waals surface area (Å²) in [5.41, 5.74) is 7.24. The molecule has 1 aliphatic rings. The standard InChI is InChI=1S/C27H22O/c1-27(2)22-15-9-10-16-23(22)28-24-18-17-21(19-11-5-3-6-12-19)25(26(24)27)20-13-7-4-8-14-20/h3-18H,1-2H3. The minimum Gasteiger partial charge on any atom is -0.457 e. The molecule has 5 rings (SSSR count). The molecule has 0 spiro atoms. The van der Waals surface area contributed by atoms with Crippen molar-refractivity contribution < 1.29 is 4.74 Å². The third-order valence-electron chi connectivity index (χ3n) is 5.72. The molecule has 0 N–H and O–H groups in total.